The Hall–Kier alpha value is -2.80. The molecule has 154 valence electrons. The number of carbonyl (C=O) groups is 1. The Morgan fingerprint density at radius 1 is 1.17 bits per heavy atom. The van der Waals surface area contributed by atoms with Gasteiger partial charge < -0.3 is 5.32 Å². The molecule has 0 fully saturated rings. The number of fused-ring (bicyclic) bond motifs is 1. The minimum absolute atomic E-state index is 0.0302. The third kappa shape index (κ3) is 4.15. The lowest BCUT2D eigenvalue weighted by molar-refractivity contribution is -0.113. The maximum Gasteiger partial charge on any atom is 0.332 e. The smallest absolute Gasteiger partial charge is 0.311 e. The van der Waals surface area contributed by atoms with Crippen LogP contribution >= 0.6 is 23.1 Å². The Labute approximate surface area is 172 Å². The zero-order valence-corrected chi connectivity index (χ0v) is 18.1. The van der Waals surface area contributed by atoms with Crippen molar-refractivity contribution in [1.29, 1.82) is 0 Å². The SMILES string of the molecule is Cn1c(NC(=O)CSc2nn3c(=O)c(C(C)(C)C)nnc3s2)cc(=O)n(C)c1=O. The van der Waals surface area contributed by atoms with E-state index < -0.39 is 22.6 Å². The van der Waals surface area contributed by atoms with Crippen LogP contribution < -0.4 is 22.1 Å². The highest BCUT2D eigenvalue weighted by atomic mass is 32.2. The van der Waals surface area contributed by atoms with Crippen LogP contribution in [0.25, 0.3) is 4.96 Å². The molecule has 0 saturated carbocycles. The fourth-order valence-electron chi connectivity index (χ4n) is 2.39. The van der Waals surface area contributed by atoms with Crippen molar-refractivity contribution in [1.82, 2.24) is 28.9 Å². The Balaban J connectivity index is 1.77. The molecule has 0 aliphatic carbocycles. The fraction of sp³-hybridized carbons (Fsp3) is 0.438. The van der Waals surface area contributed by atoms with E-state index in [-0.39, 0.29) is 17.1 Å². The molecular formula is C16H19N7O4S2. The molecule has 11 nitrogen and oxygen atoms in total. The lowest BCUT2D eigenvalue weighted by atomic mass is 9.93. The van der Waals surface area contributed by atoms with Gasteiger partial charge in [0, 0.05) is 25.6 Å². The Morgan fingerprint density at radius 3 is 2.52 bits per heavy atom. The van der Waals surface area contributed by atoms with Crippen LogP contribution in [0.5, 0.6) is 0 Å². The second kappa shape index (κ2) is 7.55. The summed E-state index contributed by atoms with van der Waals surface area (Å²) < 4.78 is 3.76. The van der Waals surface area contributed by atoms with Gasteiger partial charge in [0.1, 0.15) is 11.5 Å². The van der Waals surface area contributed by atoms with E-state index in [9.17, 15) is 19.2 Å². The average Bonchev–Trinajstić information content (AvgIpc) is 3.06. The lowest BCUT2D eigenvalue weighted by Crippen LogP contribution is -2.38. The number of hydrogen-bond acceptors (Lipinski definition) is 9. The first-order valence-corrected chi connectivity index (χ1v) is 10.3. The van der Waals surface area contributed by atoms with E-state index in [0.717, 1.165) is 27.7 Å². The summed E-state index contributed by atoms with van der Waals surface area (Å²) in [6, 6.07) is 1.17. The third-order valence-corrected chi connectivity index (χ3v) is 6.03. The first-order valence-electron chi connectivity index (χ1n) is 8.46. The topological polar surface area (TPSA) is 133 Å². The molecule has 0 aliphatic heterocycles. The second-order valence-electron chi connectivity index (χ2n) is 7.27. The predicted molar refractivity (Wildman–Crippen MR) is 110 cm³/mol. The normalized spacial score (nSPS) is 11.8. The minimum atomic E-state index is -0.542. The van der Waals surface area contributed by atoms with Crippen LogP contribution in [0, 0.1) is 0 Å². The Bertz CT molecular complexity index is 1280. The van der Waals surface area contributed by atoms with Gasteiger partial charge in [0.05, 0.1) is 5.75 Å². The van der Waals surface area contributed by atoms with Gasteiger partial charge in [0.2, 0.25) is 10.9 Å². The number of anilines is 1. The predicted octanol–water partition coefficient (Wildman–Crippen LogP) is -0.0283. The van der Waals surface area contributed by atoms with Gasteiger partial charge in [0.15, 0.2) is 4.34 Å². The third-order valence-electron chi connectivity index (χ3n) is 4.00. The first kappa shape index (κ1) is 20.9. The minimum Gasteiger partial charge on any atom is -0.311 e. The van der Waals surface area contributed by atoms with E-state index in [1.54, 1.807) is 0 Å². The van der Waals surface area contributed by atoms with Crippen molar-refractivity contribution in [2.45, 2.75) is 30.5 Å². The van der Waals surface area contributed by atoms with Gasteiger partial charge in [-0.1, -0.05) is 43.9 Å². The maximum absolute atomic E-state index is 12.5. The molecule has 3 heterocycles. The van der Waals surface area contributed by atoms with Crippen LogP contribution in [-0.2, 0) is 24.3 Å². The quantitative estimate of drug-likeness (QED) is 0.563. The molecule has 0 spiro atoms. The van der Waals surface area contributed by atoms with Crippen molar-refractivity contribution in [2.24, 2.45) is 14.1 Å². The van der Waals surface area contributed by atoms with Gasteiger partial charge in [-0.25, -0.2) is 4.79 Å². The van der Waals surface area contributed by atoms with E-state index in [0.29, 0.717) is 15.0 Å². The molecule has 3 aromatic heterocycles. The summed E-state index contributed by atoms with van der Waals surface area (Å²) in [4.78, 5) is 48.8. The van der Waals surface area contributed by atoms with Gasteiger partial charge >= 0.3 is 5.69 Å². The van der Waals surface area contributed by atoms with Crippen molar-refractivity contribution in [3.05, 3.63) is 43.0 Å². The molecule has 0 unspecified atom stereocenters. The van der Waals surface area contributed by atoms with Gasteiger partial charge in [0.25, 0.3) is 11.1 Å². The number of nitrogens with zero attached hydrogens (tertiary/aromatic N) is 6. The molecule has 1 amide bonds. The monoisotopic (exact) mass is 437 g/mol. The highest BCUT2D eigenvalue weighted by Gasteiger charge is 2.23. The van der Waals surface area contributed by atoms with Gasteiger partial charge in [-0.2, -0.15) is 4.52 Å². The van der Waals surface area contributed by atoms with Crippen LogP contribution in [0.15, 0.2) is 24.8 Å². The number of carbonyl (C=O) groups excluding carboxylic acids is 1. The fourth-order valence-corrected chi connectivity index (χ4v) is 4.06. The summed E-state index contributed by atoms with van der Waals surface area (Å²) >= 11 is 2.25. The van der Waals surface area contributed by atoms with Crippen LogP contribution in [0.4, 0.5) is 5.82 Å². The van der Waals surface area contributed by atoms with Gasteiger partial charge in [-0.05, 0) is 0 Å². The molecule has 3 rings (SSSR count). The van der Waals surface area contributed by atoms with Crippen molar-refractivity contribution in [2.75, 3.05) is 11.1 Å². The number of nitrogens with one attached hydrogen (secondary N) is 1. The number of rotatable bonds is 4. The summed E-state index contributed by atoms with van der Waals surface area (Å²) in [7, 11) is 2.81. The average molecular weight is 438 g/mol. The van der Waals surface area contributed by atoms with Gasteiger partial charge in [-0.15, -0.1) is 15.3 Å². The van der Waals surface area contributed by atoms with Crippen molar-refractivity contribution in [3.63, 3.8) is 0 Å². The van der Waals surface area contributed by atoms with Crippen LogP contribution in [0.1, 0.15) is 26.5 Å². The molecule has 0 atom stereocenters. The van der Waals surface area contributed by atoms with Crippen molar-refractivity contribution in [3.8, 4) is 0 Å². The van der Waals surface area contributed by atoms with E-state index in [4.69, 9.17) is 0 Å². The molecule has 0 saturated heterocycles. The van der Waals surface area contributed by atoms with E-state index in [2.05, 4.69) is 20.6 Å². The molecule has 1 N–H and O–H groups in total. The molecule has 0 bridgehead atoms. The standard InChI is InChI=1S/C16H19N7O4S2/c1-16(2,3)11-12(26)23-13(19-18-11)29-14(20-23)28-7-9(24)17-8-6-10(25)22(5)15(27)21(8)4/h6H,7H2,1-5H3,(H,17,24). The van der Waals surface area contributed by atoms with Crippen molar-refractivity contribution < 1.29 is 4.79 Å². The molecule has 0 aromatic carbocycles. The van der Waals surface area contributed by atoms with E-state index >= 15 is 0 Å². The highest BCUT2D eigenvalue weighted by Crippen LogP contribution is 2.24. The first-order chi connectivity index (χ1) is 13.5. The zero-order valence-electron chi connectivity index (χ0n) is 16.4. The summed E-state index contributed by atoms with van der Waals surface area (Å²) in [6.45, 7) is 5.59. The van der Waals surface area contributed by atoms with Crippen LogP contribution in [0.3, 0.4) is 0 Å². The molecule has 13 heteroatoms. The second-order valence-corrected chi connectivity index (χ2v) is 9.45. The number of amides is 1. The van der Waals surface area contributed by atoms with E-state index in [1.165, 1.54) is 29.2 Å². The summed E-state index contributed by atoms with van der Waals surface area (Å²) in [5.41, 5.74) is -1.56. The van der Waals surface area contributed by atoms with Crippen LogP contribution in [-0.4, -0.2) is 40.6 Å². The Morgan fingerprint density at radius 2 is 1.86 bits per heavy atom. The largest absolute Gasteiger partial charge is 0.332 e. The van der Waals surface area contributed by atoms with E-state index in [1.807, 2.05) is 20.8 Å². The molecular weight excluding hydrogens is 418 g/mol. The maximum atomic E-state index is 12.5. The highest BCUT2D eigenvalue weighted by molar-refractivity contribution is 8.01. The molecule has 3 aromatic rings. The number of thioether (sulfide) groups is 1. The molecule has 0 radical (unpaired) electrons. The Kier molecular flexibility index (Phi) is 5.45. The summed E-state index contributed by atoms with van der Waals surface area (Å²) in [6.07, 6.45) is 0. The van der Waals surface area contributed by atoms with Crippen LogP contribution in [0.2, 0.25) is 0 Å². The molecule has 29 heavy (non-hydrogen) atoms. The van der Waals surface area contributed by atoms with Crippen molar-refractivity contribution >= 4 is 39.8 Å². The number of hydrogen-bond donors (Lipinski definition) is 1. The lowest BCUT2D eigenvalue weighted by Gasteiger charge is -2.14. The summed E-state index contributed by atoms with van der Waals surface area (Å²) in [5.74, 6) is -0.353. The molecule has 0 aliphatic rings. The van der Waals surface area contributed by atoms with Gasteiger partial charge in [-0.3, -0.25) is 23.5 Å². The zero-order chi connectivity index (χ0) is 21.5. The summed E-state index contributed by atoms with van der Waals surface area (Å²) in [5, 5.41) is 14.8. The number of aromatic nitrogens is 6.